The van der Waals surface area contributed by atoms with Gasteiger partial charge in [-0.05, 0) is 12.7 Å². The smallest absolute Gasteiger partial charge is 0.217 e. The van der Waals surface area contributed by atoms with E-state index in [9.17, 15) is 9.90 Å². The normalized spacial score (nSPS) is 12.8. The van der Waals surface area contributed by atoms with E-state index in [1.807, 2.05) is 0 Å². The molecule has 0 aliphatic carbocycles. The van der Waals surface area contributed by atoms with Crippen LogP contribution < -0.4 is 0 Å². The number of carbonyl (C=O) groups is 1. The summed E-state index contributed by atoms with van der Waals surface area (Å²) in [6.07, 6.45) is 8.78. The standard InChI is InChI=1S/C11H22O2S/c1-3-4-5-6-7-8-9-10(12)11(13)14-2/h10,12H,3-9H2,1-2H3. The SMILES string of the molecule is CCCCCCCCC(O)C(=O)SC. The maximum atomic E-state index is 11.0. The Morgan fingerprint density at radius 2 is 1.79 bits per heavy atom. The molecule has 14 heavy (non-hydrogen) atoms. The number of unbranched alkanes of at least 4 members (excludes halogenated alkanes) is 5. The van der Waals surface area contributed by atoms with Gasteiger partial charge in [-0.2, -0.15) is 0 Å². The van der Waals surface area contributed by atoms with Crippen molar-refractivity contribution < 1.29 is 9.90 Å². The highest BCUT2D eigenvalue weighted by Crippen LogP contribution is 2.11. The van der Waals surface area contributed by atoms with Crippen LogP contribution in [0.4, 0.5) is 0 Å². The fraction of sp³-hybridized carbons (Fsp3) is 0.909. The minimum Gasteiger partial charge on any atom is -0.384 e. The van der Waals surface area contributed by atoms with Crippen LogP contribution in [0.1, 0.15) is 51.9 Å². The second-order valence-electron chi connectivity index (χ2n) is 3.60. The molecule has 1 unspecified atom stereocenters. The van der Waals surface area contributed by atoms with Crippen LogP contribution in [0.2, 0.25) is 0 Å². The average molecular weight is 218 g/mol. The molecule has 2 nitrogen and oxygen atoms in total. The number of thioether (sulfide) groups is 1. The van der Waals surface area contributed by atoms with Crippen LogP contribution in [0.3, 0.4) is 0 Å². The molecule has 0 bridgehead atoms. The Morgan fingerprint density at radius 1 is 1.21 bits per heavy atom. The molecule has 0 spiro atoms. The molecule has 0 fully saturated rings. The lowest BCUT2D eigenvalue weighted by Crippen LogP contribution is -2.16. The molecule has 0 heterocycles. The van der Waals surface area contributed by atoms with Crippen molar-refractivity contribution in [2.24, 2.45) is 0 Å². The Balaban J connectivity index is 3.23. The van der Waals surface area contributed by atoms with Gasteiger partial charge in [0.1, 0.15) is 6.10 Å². The van der Waals surface area contributed by atoms with E-state index in [-0.39, 0.29) is 5.12 Å². The number of hydrogen-bond donors (Lipinski definition) is 1. The van der Waals surface area contributed by atoms with Crippen LogP contribution in [0, 0.1) is 0 Å². The number of aliphatic hydroxyl groups excluding tert-OH is 1. The molecule has 0 aromatic heterocycles. The van der Waals surface area contributed by atoms with E-state index in [1.165, 1.54) is 25.7 Å². The fourth-order valence-corrected chi connectivity index (χ4v) is 1.76. The highest BCUT2D eigenvalue weighted by atomic mass is 32.2. The lowest BCUT2D eigenvalue weighted by atomic mass is 10.1. The lowest BCUT2D eigenvalue weighted by Gasteiger charge is -2.06. The van der Waals surface area contributed by atoms with Crippen LogP contribution >= 0.6 is 11.8 Å². The zero-order valence-corrected chi connectivity index (χ0v) is 10.1. The summed E-state index contributed by atoms with van der Waals surface area (Å²) in [4.78, 5) is 11.0. The number of carbonyl (C=O) groups excluding carboxylic acids is 1. The van der Waals surface area contributed by atoms with Crippen molar-refractivity contribution in [3.8, 4) is 0 Å². The zero-order chi connectivity index (χ0) is 10.8. The lowest BCUT2D eigenvalue weighted by molar-refractivity contribution is -0.118. The zero-order valence-electron chi connectivity index (χ0n) is 9.29. The molecule has 0 aromatic rings. The molecule has 0 amide bonds. The molecule has 0 saturated carbocycles. The molecule has 0 rings (SSSR count). The van der Waals surface area contributed by atoms with Crippen molar-refractivity contribution >= 4 is 16.9 Å². The third kappa shape index (κ3) is 7.39. The van der Waals surface area contributed by atoms with Gasteiger partial charge >= 0.3 is 0 Å². The van der Waals surface area contributed by atoms with Crippen LogP contribution in [0.25, 0.3) is 0 Å². The first-order valence-corrected chi connectivity index (χ1v) is 6.70. The van der Waals surface area contributed by atoms with Crippen LogP contribution in [-0.4, -0.2) is 22.6 Å². The van der Waals surface area contributed by atoms with E-state index in [0.717, 1.165) is 24.6 Å². The van der Waals surface area contributed by atoms with E-state index in [2.05, 4.69) is 6.92 Å². The van der Waals surface area contributed by atoms with Crippen LogP contribution in [0.15, 0.2) is 0 Å². The second-order valence-corrected chi connectivity index (χ2v) is 4.41. The molecule has 0 aromatic carbocycles. The fourth-order valence-electron chi connectivity index (χ4n) is 1.37. The predicted octanol–water partition coefficient (Wildman–Crippen LogP) is 2.99. The van der Waals surface area contributed by atoms with Gasteiger partial charge in [0.2, 0.25) is 5.12 Å². The number of rotatable bonds is 8. The first-order chi connectivity index (χ1) is 6.72. The van der Waals surface area contributed by atoms with Gasteiger partial charge in [0.15, 0.2) is 0 Å². The largest absolute Gasteiger partial charge is 0.384 e. The second kappa shape index (κ2) is 9.53. The Bertz CT molecular complexity index is 148. The van der Waals surface area contributed by atoms with E-state index in [0.29, 0.717) is 6.42 Å². The Kier molecular flexibility index (Phi) is 9.52. The van der Waals surface area contributed by atoms with E-state index >= 15 is 0 Å². The molecule has 0 aliphatic rings. The third-order valence-electron chi connectivity index (χ3n) is 2.30. The summed E-state index contributed by atoms with van der Waals surface area (Å²) in [5.41, 5.74) is 0. The van der Waals surface area contributed by atoms with Gasteiger partial charge in [0, 0.05) is 0 Å². The first kappa shape index (κ1) is 14.0. The topological polar surface area (TPSA) is 37.3 Å². The Morgan fingerprint density at radius 3 is 2.36 bits per heavy atom. The summed E-state index contributed by atoms with van der Waals surface area (Å²) < 4.78 is 0. The minimum atomic E-state index is -0.740. The third-order valence-corrected chi connectivity index (χ3v) is 2.98. The van der Waals surface area contributed by atoms with Crippen molar-refractivity contribution in [1.29, 1.82) is 0 Å². The van der Waals surface area contributed by atoms with Gasteiger partial charge < -0.3 is 5.11 Å². The van der Waals surface area contributed by atoms with E-state index in [4.69, 9.17) is 0 Å². The molecular formula is C11H22O2S. The summed E-state index contributed by atoms with van der Waals surface area (Å²) in [6, 6.07) is 0. The number of hydrogen-bond acceptors (Lipinski definition) is 3. The monoisotopic (exact) mass is 218 g/mol. The summed E-state index contributed by atoms with van der Waals surface area (Å²) >= 11 is 1.12. The summed E-state index contributed by atoms with van der Waals surface area (Å²) in [5.74, 6) is 0. The van der Waals surface area contributed by atoms with Crippen molar-refractivity contribution in [2.45, 2.75) is 58.0 Å². The summed E-state index contributed by atoms with van der Waals surface area (Å²) in [6.45, 7) is 2.20. The maximum absolute atomic E-state index is 11.0. The highest BCUT2D eigenvalue weighted by Gasteiger charge is 2.12. The molecule has 0 saturated heterocycles. The molecule has 0 aliphatic heterocycles. The number of aliphatic hydroxyl groups is 1. The van der Waals surface area contributed by atoms with Crippen molar-refractivity contribution in [3.63, 3.8) is 0 Å². The molecule has 1 N–H and O–H groups in total. The van der Waals surface area contributed by atoms with Crippen LogP contribution in [-0.2, 0) is 4.79 Å². The van der Waals surface area contributed by atoms with Crippen molar-refractivity contribution in [1.82, 2.24) is 0 Å². The van der Waals surface area contributed by atoms with Gasteiger partial charge in [0.25, 0.3) is 0 Å². The molecule has 3 heteroatoms. The van der Waals surface area contributed by atoms with Gasteiger partial charge in [-0.15, -0.1) is 0 Å². The van der Waals surface area contributed by atoms with Gasteiger partial charge in [-0.1, -0.05) is 57.2 Å². The summed E-state index contributed by atoms with van der Waals surface area (Å²) in [7, 11) is 0. The van der Waals surface area contributed by atoms with Gasteiger partial charge in [-0.25, -0.2) is 0 Å². The molecular weight excluding hydrogens is 196 g/mol. The van der Waals surface area contributed by atoms with E-state index < -0.39 is 6.10 Å². The molecule has 0 radical (unpaired) electrons. The molecule has 84 valence electrons. The van der Waals surface area contributed by atoms with Gasteiger partial charge in [-0.3, -0.25) is 4.79 Å². The quantitative estimate of drug-likeness (QED) is 0.636. The van der Waals surface area contributed by atoms with Crippen molar-refractivity contribution in [3.05, 3.63) is 0 Å². The maximum Gasteiger partial charge on any atom is 0.217 e. The van der Waals surface area contributed by atoms with E-state index in [1.54, 1.807) is 6.26 Å². The average Bonchev–Trinajstić information content (AvgIpc) is 2.21. The molecule has 1 atom stereocenters. The Hall–Kier alpha value is -0.0200. The Labute approximate surface area is 91.5 Å². The van der Waals surface area contributed by atoms with Crippen molar-refractivity contribution in [2.75, 3.05) is 6.26 Å². The minimum absolute atomic E-state index is 0.0986. The first-order valence-electron chi connectivity index (χ1n) is 5.48. The predicted molar refractivity (Wildman–Crippen MR) is 62.5 cm³/mol. The summed E-state index contributed by atoms with van der Waals surface area (Å²) in [5, 5.41) is 9.25. The van der Waals surface area contributed by atoms with Gasteiger partial charge in [0.05, 0.1) is 0 Å². The van der Waals surface area contributed by atoms with Crippen LogP contribution in [0.5, 0.6) is 0 Å². The highest BCUT2D eigenvalue weighted by molar-refractivity contribution is 8.13.